The largest absolute Gasteiger partial charge is 0.418 e. The van der Waals surface area contributed by atoms with E-state index in [1.54, 1.807) is 42.9 Å². The van der Waals surface area contributed by atoms with Gasteiger partial charge in [0.2, 0.25) is 0 Å². The number of aromatic nitrogens is 2. The molecule has 0 unspecified atom stereocenters. The number of nitrogens with zero attached hydrogens (tertiary/aromatic N) is 2. The van der Waals surface area contributed by atoms with Gasteiger partial charge in [0.15, 0.2) is 5.13 Å². The van der Waals surface area contributed by atoms with Crippen molar-refractivity contribution < 1.29 is 9.53 Å². The van der Waals surface area contributed by atoms with Gasteiger partial charge < -0.3 is 4.74 Å². The van der Waals surface area contributed by atoms with Crippen molar-refractivity contribution in [3.63, 3.8) is 0 Å². The van der Waals surface area contributed by atoms with Gasteiger partial charge in [0, 0.05) is 40.3 Å². The first-order valence-corrected chi connectivity index (χ1v) is 9.59. The third kappa shape index (κ3) is 4.03. The fourth-order valence-electron chi connectivity index (χ4n) is 2.67. The summed E-state index contributed by atoms with van der Waals surface area (Å²) in [6.45, 7) is 0. The lowest BCUT2D eigenvalue weighted by atomic mass is 10.0. The number of thiazole rings is 1. The number of carbonyl (C=O) groups excluding carboxylic acids is 1. The van der Waals surface area contributed by atoms with E-state index in [-0.39, 0.29) is 0 Å². The smallest absolute Gasteiger partial charge is 0.410 e. The lowest BCUT2D eigenvalue weighted by molar-refractivity contribution is 0.215. The topological polar surface area (TPSA) is 64.1 Å². The van der Waals surface area contributed by atoms with Gasteiger partial charge in [-0.25, -0.2) is 9.78 Å². The van der Waals surface area contributed by atoms with Gasteiger partial charge in [0.25, 0.3) is 0 Å². The molecule has 0 fully saturated rings. The van der Waals surface area contributed by atoms with Crippen LogP contribution in [0.4, 0.5) is 9.93 Å². The van der Waals surface area contributed by atoms with E-state index in [0.717, 1.165) is 21.6 Å². The van der Waals surface area contributed by atoms with E-state index in [1.165, 1.54) is 11.3 Å². The number of anilines is 1. The summed E-state index contributed by atoms with van der Waals surface area (Å²) in [6, 6.07) is 18.4. The maximum absolute atomic E-state index is 12.1. The van der Waals surface area contributed by atoms with Crippen molar-refractivity contribution in [1.29, 1.82) is 0 Å². The highest BCUT2D eigenvalue weighted by molar-refractivity contribution is 7.19. The molecule has 0 bridgehead atoms. The highest BCUT2D eigenvalue weighted by Crippen LogP contribution is 2.38. The lowest BCUT2D eigenvalue weighted by Gasteiger charge is -2.08. The molecule has 1 N–H and O–H groups in total. The molecule has 0 atom stereocenters. The number of hydrogen-bond donors (Lipinski definition) is 1. The quantitative estimate of drug-likeness (QED) is 0.441. The SMILES string of the molecule is O=C(Nc1ncc(-c2ccncc2-c2ccccc2Cl)s1)Oc1ccccc1. The third-order valence-corrected chi connectivity index (χ3v) is 5.19. The predicted octanol–water partition coefficient (Wildman–Crippen LogP) is 6.14. The van der Waals surface area contributed by atoms with Crippen molar-refractivity contribution in [2.45, 2.75) is 0 Å². The summed E-state index contributed by atoms with van der Waals surface area (Å²) in [7, 11) is 0. The molecule has 4 rings (SSSR count). The molecule has 138 valence electrons. The molecule has 4 aromatic rings. The van der Waals surface area contributed by atoms with E-state index < -0.39 is 6.09 Å². The maximum atomic E-state index is 12.1. The van der Waals surface area contributed by atoms with Gasteiger partial charge in [-0.2, -0.15) is 0 Å². The number of nitrogens with one attached hydrogen (secondary N) is 1. The minimum atomic E-state index is -0.590. The average molecular weight is 408 g/mol. The number of hydrogen-bond acceptors (Lipinski definition) is 5. The van der Waals surface area contributed by atoms with E-state index in [4.69, 9.17) is 16.3 Å². The Hall–Kier alpha value is -3.22. The summed E-state index contributed by atoms with van der Waals surface area (Å²) in [5.41, 5.74) is 2.72. The second-order valence-electron chi connectivity index (χ2n) is 5.76. The summed E-state index contributed by atoms with van der Waals surface area (Å²) in [6.07, 6.45) is 4.60. The normalized spacial score (nSPS) is 10.5. The Labute approximate surface area is 170 Å². The van der Waals surface area contributed by atoms with Gasteiger partial charge in [0.05, 0.1) is 4.88 Å². The van der Waals surface area contributed by atoms with Crippen LogP contribution in [-0.4, -0.2) is 16.1 Å². The molecule has 7 heteroatoms. The number of carbonyl (C=O) groups is 1. The summed E-state index contributed by atoms with van der Waals surface area (Å²) in [4.78, 5) is 21.5. The number of benzene rings is 2. The molecule has 1 amide bonds. The third-order valence-electron chi connectivity index (χ3n) is 3.92. The molecule has 0 aliphatic carbocycles. The maximum Gasteiger partial charge on any atom is 0.418 e. The predicted molar refractivity (Wildman–Crippen MR) is 112 cm³/mol. The van der Waals surface area contributed by atoms with Crippen LogP contribution in [-0.2, 0) is 0 Å². The Morgan fingerprint density at radius 1 is 0.929 bits per heavy atom. The van der Waals surface area contributed by atoms with Crippen molar-refractivity contribution in [3.05, 3.63) is 84.3 Å². The van der Waals surface area contributed by atoms with Crippen LogP contribution in [0.15, 0.2) is 79.3 Å². The molecule has 28 heavy (non-hydrogen) atoms. The van der Waals surface area contributed by atoms with E-state index in [2.05, 4.69) is 15.3 Å². The minimum absolute atomic E-state index is 0.442. The summed E-state index contributed by atoms with van der Waals surface area (Å²) < 4.78 is 5.23. The van der Waals surface area contributed by atoms with Gasteiger partial charge in [0.1, 0.15) is 5.75 Å². The lowest BCUT2D eigenvalue weighted by Crippen LogP contribution is -2.16. The first-order chi connectivity index (χ1) is 13.7. The zero-order valence-electron chi connectivity index (χ0n) is 14.5. The molecule has 0 aliphatic rings. The van der Waals surface area contributed by atoms with E-state index in [0.29, 0.717) is 15.9 Å². The van der Waals surface area contributed by atoms with Gasteiger partial charge in [-0.1, -0.05) is 59.3 Å². The van der Waals surface area contributed by atoms with Crippen LogP contribution in [0, 0.1) is 0 Å². The molecule has 0 radical (unpaired) electrons. The molecule has 0 saturated heterocycles. The Balaban J connectivity index is 1.57. The Kier molecular flexibility index (Phi) is 5.32. The van der Waals surface area contributed by atoms with E-state index >= 15 is 0 Å². The van der Waals surface area contributed by atoms with Crippen molar-refractivity contribution >= 4 is 34.2 Å². The van der Waals surface area contributed by atoms with Crippen LogP contribution in [0.25, 0.3) is 21.6 Å². The van der Waals surface area contributed by atoms with Gasteiger partial charge in [-0.3, -0.25) is 10.3 Å². The number of rotatable bonds is 4. The molecular formula is C21H14ClN3O2S. The van der Waals surface area contributed by atoms with E-state index in [1.807, 2.05) is 36.4 Å². The van der Waals surface area contributed by atoms with Crippen LogP contribution >= 0.6 is 22.9 Å². The zero-order chi connectivity index (χ0) is 19.3. The zero-order valence-corrected chi connectivity index (χ0v) is 16.1. The van der Waals surface area contributed by atoms with Crippen LogP contribution < -0.4 is 10.1 Å². The number of amides is 1. The standard InChI is InChI=1S/C21H14ClN3O2S/c22-18-9-5-4-8-15(18)17-12-23-11-10-16(17)19-13-24-20(28-19)25-21(26)27-14-6-2-1-3-7-14/h1-13H,(H,24,25,26). The van der Waals surface area contributed by atoms with Crippen LogP contribution in [0.2, 0.25) is 5.02 Å². The molecule has 0 aliphatic heterocycles. The fourth-order valence-corrected chi connectivity index (χ4v) is 3.75. The van der Waals surface area contributed by atoms with Crippen molar-refractivity contribution in [3.8, 4) is 27.3 Å². The number of para-hydroxylation sites is 1. The minimum Gasteiger partial charge on any atom is -0.410 e. The van der Waals surface area contributed by atoms with Crippen molar-refractivity contribution in [2.75, 3.05) is 5.32 Å². The van der Waals surface area contributed by atoms with Crippen LogP contribution in [0.5, 0.6) is 5.75 Å². The number of halogens is 1. The Morgan fingerprint density at radius 3 is 2.54 bits per heavy atom. The van der Waals surface area contributed by atoms with Gasteiger partial charge in [-0.15, -0.1) is 0 Å². The molecule has 0 spiro atoms. The van der Waals surface area contributed by atoms with Crippen molar-refractivity contribution in [2.24, 2.45) is 0 Å². The molecule has 5 nitrogen and oxygen atoms in total. The Bertz CT molecular complexity index is 1120. The summed E-state index contributed by atoms with van der Waals surface area (Å²) >= 11 is 7.70. The number of pyridine rings is 1. The molecule has 0 saturated carbocycles. The monoisotopic (exact) mass is 407 g/mol. The molecule has 2 aromatic carbocycles. The van der Waals surface area contributed by atoms with Gasteiger partial charge in [-0.05, 0) is 24.3 Å². The molecular weight excluding hydrogens is 394 g/mol. The second kappa shape index (κ2) is 8.21. The molecule has 2 aromatic heterocycles. The van der Waals surface area contributed by atoms with E-state index in [9.17, 15) is 4.79 Å². The Morgan fingerprint density at radius 2 is 1.71 bits per heavy atom. The number of ether oxygens (including phenoxy) is 1. The highest BCUT2D eigenvalue weighted by Gasteiger charge is 2.14. The highest BCUT2D eigenvalue weighted by atomic mass is 35.5. The fraction of sp³-hybridized carbons (Fsp3) is 0. The first-order valence-electron chi connectivity index (χ1n) is 8.40. The van der Waals surface area contributed by atoms with Gasteiger partial charge >= 0.3 is 6.09 Å². The second-order valence-corrected chi connectivity index (χ2v) is 7.20. The van der Waals surface area contributed by atoms with Crippen LogP contribution in [0.3, 0.4) is 0 Å². The molecule has 2 heterocycles. The summed E-state index contributed by atoms with van der Waals surface area (Å²) in [5, 5.41) is 3.74. The van der Waals surface area contributed by atoms with Crippen LogP contribution in [0.1, 0.15) is 0 Å². The average Bonchev–Trinajstić information content (AvgIpc) is 3.17. The summed E-state index contributed by atoms with van der Waals surface area (Å²) in [5.74, 6) is 0.465. The first kappa shape index (κ1) is 18.2. The van der Waals surface area contributed by atoms with Crippen molar-refractivity contribution in [1.82, 2.24) is 9.97 Å².